The van der Waals surface area contributed by atoms with Crippen molar-refractivity contribution in [3.63, 3.8) is 0 Å². The predicted octanol–water partition coefficient (Wildman–Crippen LogP) is 3.40. The third kappa shape index (κ3) is 5.24. The van der Waals surface area contributed by atoms with E-state index in [0.717, 1.165) is 15.9 Å². The van der Waals surface area contributed by atoms with Crippen LogP contribution >= 0.6 is 27.3 Å². The molecule has 0 aliphatic heterocycles. The molecule has 0 radical (unpaired) electrons. The number of benzene rings is 1. The lowest BCUT2D eigenvalue weighted by atomic mass is 10.2. The third-order valence-electron chi connectivity index (χ3n) is 2.76. The van der Waals surface area contributed by atoms with Crippen LogP contribution in [-0.4, -0.2) is 18.4 Å². The van der Waals surface area contributed by atoms with Gasteiger partial charge in [-0.15, -0.1) is 11.3 Å². The Bertz CT molecular complexity index is 749. The van der Waals surface area contributed by atoms with Crippen LogP contribution in [0.4, 0.5) is 18.9 Å². The van der Waals surface area contributed by atoms with Gasteiger partial charge in [-0.05, 0) is 46.3 Å². The summed E-state index contributed by atoms with van der Waals surface area (Å²) in [6.07, 6.45) is -4.46. The van der Waals surface area contributed by atoms with E-state index in [1.54, 1.807) is 12.1 Å². The van der Waals surface area contributed by atoms with Gasteiger partial charge in [-0.25, -0.2) is 0 Å². The maximum absolute atomic E-state index is 12.6. The molecule has 0 aliphatic rings. The summed E-state index contributed by atoms with van der Waals surface area (Å²) in [6.45, 7) is -0.296. The molecule has 128 valence electrons. The number of halogens is 4. The van der Waals surface area contributed by atoms with Gasteiger partial charge >= 0.3 is 6.18 Å². The molecule has 3 N–H and O–H groups in total. The van der Waals surface area contributed by atoms with Crippen LogP contribution in [0, 0.1) is 0 Å². The Labute approximate surface area is 147 Å². The van der Waals surface area contributed by atoms with Gasteiger partial charge in [-0.1, -0.05) is 6.07 Å². The van der Waals surface area contributed by atoms with Crippen LogP contribution < -0.4 is 16.2 Å². The number of hydrogen-bond donors (Lipinski definition) is 3. The molecule has 5 nitrogen and oxygen atoms in total. The molecular weight excluding hydrogens is 411 g/mol. The lowest BCUT2D eigenvalue weighted by Gasteiger charge is -2.11. The second-order valence-corrected chi connectivity index (χ2v) is 7.00. The van der Waals surface area contributed by atoms with Gasteiger partial charge < -0.3 is 5.32 Å². The molecule has 2 aromatic rings. The zero-order chi connectivity index (χ0) is 17.7. The summed E-state index contributed by atoms with van der Waals surface area (Å²) in [5, 5.41) is 2.56. The smallest absolute Gasteiger partial charge is 0.376 e. The van der Waals surface area contributed by atoms with Crippen molar-refractivity contribution in [1.82, 2.24) is 10.9 Å². The van der Waals surface area contributed by atoms with Crippen molar-refractivity contribution in [3.8, 4) is 0 Å². The fourth-order valence-corrected chi connectivity index (χ4v) is 2.94. The fourth-order valence-electron chi connectivity index (χ4n) is 1.66. The Morgan fingerprint density at radius 2 is 1.88 bits per heavy atom. The minimum absolute atomic E-state index is 0.147. The van der Waals surface area contributed by atoms with Crippen LogP contribution in [0.15, 0.2) is 40.2 Å². The molecular formula is C14H11BrF3N3O2S. The number of nitrogens with one attached hydrogen (secondary N) is 3. The number of hydrazine groups is 1. The van der Waals surface area contributed by atoms with Crippen molar-refractivity contribution in [3.05, 3.63) is 50.6 Å². The van der Waals surface area contributed by atoms with Gasteiger partial charge in [-0.3, -0.25) is 20.4 Å². The average Bonchev–Trinajstić information content (AvgIpc) is 2.96. The third-order valence-corrected chi connectivity index (χ3v) is 4.38. The summed E-state index contributed by atoms with van der Waals surface area (Å²) >= 11 is 4.40. The van der Waals surface area contributed by atoms with E-state index in [-0.39, 0.29) is 12.2 Å². The minimum atomic E-state index is -4.46. The summed E-state index contributed by atoms with van der Waals surface area (Å²) in [6, 6.07) is 7.75. The van der Waals surface area contributed by atoms with Crippen LogP contribution in [0.1, 0.15) is 15.2 Å². The number of amides is 2. The molecule has 0 bridgehead atoms. The standard InChI is InChI=1S/C14H11BrF3N3O2S/c15-11-5-4-10(24-11)13(23)21-20-12(22)7-19-9-3-1-2-8(6-9)14(16,17)18/h1-6,19H,7H2,(H,20,22)(H,21,23). The molecule has 0 saturated heterocycles. The molecule has 24 heavy (non-hydrogen) atoms. The van der Waals surface area contributed by atoms with Crippen molar-refractivity contribution in [2.75, 3.05) is 11.9 Å². The zero-order valence-corrected chi connectivity index (χ0v) is 14.3. The maximum atomic E-state index is 12.6. The topological polar surface area (TPSA) is 70.2 Å². The Morgan fingerprint density at radius 1 is 1.12 bits per heavy atom. The lowest BCUT2D eigenvalue weighted by Crippen LogP contribution is -2.43. The number of anilines is 1. The molecule has 1 heterocycles. The average molecular weight is 422 g/mol. The summed E-state index contributed by atoms with van der Waals surface area (Å²) < 4.78 is 38.5. The largest absolute Gasteiger partial charge is 0.416 e. The van der Waals surface area contributed by atoms with E-state index in [9.17, 15) is 22.8 Å². The van der Waals surface area contributed by atoms with E-state index in [4.69, 9.17) is 0 Å². The van der Waals surface area contributed by atoms with E-state index in [1.807, 2.05) is 0 Å². The van der Waals surface area contributed by atoms with E-state index in [0.29, 0.717) is 4.88 Å². The normalized spacial score (nSPS) is 11.0. The molecule has 0 spiro atoms. The fraction of sp³-hybridized carbons (Fsp3) is 0.143. The first-order valence-electron chi connectivity index (χ1n) is 6.51. The molecule has 10 heteroatoms. The Balaban J connectivity index is 1.82. The number of rotatable bonds is 4. The molecule has 0 fully saturated rings. The Hall–Kier alpha value is -2.07. The molecule has 2 rings (SSSR count). The first kappa shape index (κ1) is 18.3. The second kappa shape index (κ2) is 7.67. The van der Waals surface area contributed by atoms with E-state index < -0.39 is 23.6 Å². The quantitative estimate of drug-likeness (QED) is 0.662. The van der Waals surface area contributed by atoms with Gasteiger partial charge in [-0.2, -0.15) is 13.2 Å². The van der Waals surface area contributed by atoms with Crippen molar-refractivity contribution in [2.24, 2.45) is 0 Å². The molecule has 0 atom stereocenters. The molecule has 2 amide bonds. The number of carbonyl (C=O) groups excluding carboxylic acids is 2. The number of carbonyl (C=O) groups is 2. The first-order valence-corrected chi connectivity index (χ1v) is 8.12. The van der Waals surface area contributed by atoms with Gasteiger partial charge in [0.1, 0.15) is 0 Å². The van der Waals surface area contributed by atoms with Gasteiger partial charge in [0, 0.05) is 5.69 Å². The number of alkyl halides is 3. The van der Waals surface area contributed by atoms with Crippen molar-refractivity contribution < 1.29 is 22.8 Å². The van der Waals surface area contributed by atoms with E-state index in [1.165, 1.54) is 23.5 Å². The summed E-state index contributed by atoms with van der Waals surface area (Å²) in [5.41, 5.74) is 3.72. The SMILES string of the molecule is O=C(CNc1cccc(C(F)(F)F)c1)NNC(=O)c1ccc(Br)s1. The molecule has 0 unspecified atom stereocenters. The van der Waals surface area contributed by atoms with Crippen molar-refractivity contribution in [2.45, 2.75) is 6.18 Å². The highest BCUT2D eigenvalue weighted by Crippen LogP contribution is 2.30. The van der Waals surface area contributed by atoms with Gasteiger partial charge in [0.2, 0.25) is 0 Å². The molecule has 1 aromatic carbocycles. The zero-order valence-electron chi connectivity index (χ0n) is 11.9. The predicted molar refractivity (Wildman–Crippen MR) is 87.6 cm³/mol. The first-order chi connectivity index (χ1) is 11.3. The minimum Gasteiger partial charge on any atom is -0.376 e. The Kier molecular flexibility index (Phi) is 5.84. The summed E-state index contributed by atoms with van der Waals surface area (Å²) in [4.78, 5) is 23.7. The van der Waals surface area contributed by atoms with Crippen LogP contribution in [0.3, 0.4) is 0 Å². The second-order valence-electron chi connectivity index (χ2n) is 4.54. The van der Waals surface area contributed by atoms with Crippen LogP contribution in [0.5, 0.6) is 0 Å². The Morgan fingerprint density at radius 3 is 2.50 bits per heavy atom. The highest BCUT2D eigenvalue weighted by Gasteiger charge is 2.30. The summed E-state index contributed by atoms with van der Waals surface area (Å²) in [7, 11) is 0. The van der Waals surface area contributed by atoms with Crippen LogP contribution in [0.25, 0.3) is 0 Å². The molecule has 1 aromatic heterocycles. The number of hydrogen-bond acceptors (Lipinski definition) is 4. The molecule has 0 aliphatic carbocycles. The van der Waals surface area contributed by atoms with Crippen molar-refractivity contribution >= 4 is 44.8 Å². The van der Waals surface area contributed by atoms with Crippen LogP contribution in [-0.2, 0) is 11.0 Å². The molecule has 0 saturated carbocycles. The maximum Gasteiger partial charge on any atom is 0.416 e. The van der Waals surface area contributed by atoms with Gasteiger partial charge in [0.25, 0.3) is 11.8 Å². The van der Waals surface area contributed by atoms with Gasteiger partial charge in [0.15, 0.2) is 0 Å². The summed E-state index contributed by atoms with van der Waals surface area (Å²) in [5.74, 6) is -1.09. The number of thiophene rings is 1. The van der Waals surface area contributed by atoms with E-state index in [2.05, 4.69) is 32.1 Å². The highest BCUT2D eigenvalue weighted by molar-refractivity contribution is 9.11. The van der Waals surface area contributed by atoms with Gasteiger partial charge in [0.05, 0.1) is 20.8 Å². The van der Waals surface area contributed by atoms with Crippen molar-refractivity contribution in [1.29, 1.82) is 0 Å². The van der Waals surface area contributed by atoms with Crippen LogP contribution in [0.2, 0.25) is 0 Å². The highest BCUT2D eigenvalue weighted by atomic mass is 79.9. The lowest BCUT2D eigenvalue weighted by molar-refractivity contribution is -0.137. The van der Waals surface area contributed by atoms with E-state index >= 15 is 0 Å². The monoisotopic (exact) mass is 421 g/mol.